The second-order valence-electron chi connectivity index (χ2n) is 2.71. The van der Waals surface area contributed by atoms with Crippen molar-refractivity contribution in [1.82, 2.24) is 0 Å². The number of hydrogen-bond acceptors (Lipinski definition) is 1. The van der Waals surface area contributed by atoms with Crippen LogP contribution in [0.3, 0.4) is 0 Å². The van der Waals surface area contributed by atoms with Gasteiger partial charge in [-0.1, -0.05) is 15.9 Å². The fourth-order valence-electron chi connectivity index (χ4n) is 0.919. The molecule has 0 rings (SSSR count). The van der Waals surface area contributed by atoms with Crippen LogP contribution < -0.4 is 0 Å². The van der Waals surface area contributed by atoms with Gasteiger partial charge in [-0.05, 0) is 0 Å². The maximum Gasteiger partial charge on any atom is 0.435 e. The predicted octanol–water partition coefficient (Wildman–Crippen LogP) is 3.82. The van der Waals surface area contributed by atoms with Crippen molar-refractivity contribution in [2.24, 2.45) is 0 Å². The van der Waals surface area contributed by atoms with Crippen LogP contribution in [0.2, 0.25) is 0 Å². The van der Waals surface area contributed by atoms with Crippen molar-refractivity contribution in [2.45, 2.75) is 24.1 Å². The summed E-state index contributed by atoms with van der Waals surface area (Å²) in [6.07, 6.45) is -20.0. The molecule has 1 nitrogen and oxygen atoms in total. The molecule has 0 aromatic rings. The van der Waals surface area contributed by atoms with Gasteiger partial charge in [0.25, 0.3) is 0 Å². The number of rotatable bonds is 3. The van der Waals surface area contributed by atoms with E-state index in [1.54, 1.807) is 0 Å². The van der Waals surface area contributed by atoms with E-state index in [2.05, 4.69) is 20.7 Å². The van der Waals surface area contributed by atoms with Crippen molar-refractivity contribution < 1.29 is 44.3 Å². The summed E-state index contributed by atoms with van der Waals surface area (Å²) in [5.41, 5.74) is -6.17. The predicted molar refractivity (Wildman–Crippen MR) is 40.6 cm³/mol. The van der Waals surface area contributed by atoms with Gasteiger partial charge < -0.3 is 4.74 Å². The quantitative estimate of drug-likeness (QED) is 0.559. The first-order valence-corrected chi connectivity index (χ1v) is 4.83. The molecule has 0 heterocycles. The number of halogens is 10. The van der Waals surface area contributed by atoms with Crippen molar-refractivity contribution >= 4 is 15.9 Å². The molecular formula is C6H4BrF9O. The first-order valence-electron chi connectivity index (χ1n) is 3.71. The second-order valence-corrected chi connectivity index (χ2v) is 3.50. The van der Waals surface area contributed by atoms with E-state index in [0.29, 0.717) is 0 Å². The molecule has 0 saturated carbocycles. The zero-order valence-electron chi connectivity index (χ0n) is 7.60. The maximum absolute atomic E-state index is 12.1. The lowest BCUT2D eigenvalue weighted by atomic mass is 10.0. The molecule has 0 unspecified atom stereocenters. The average Bonchev–Trinajstić information content (AvgIpc) is 1.96. The molecule has 0 saturated heterocycles. The molecule has 0 bridgehead atoms. The summed E-state index contributed by atoms with van der Waals surface area (Å²) in [5.74, 6) is 0. The molecule has 0 spiro atoms. The molecule has 0 aromatic carbocycles. The molecule has 0 atom stereocenters. The molecule has 0 aromatic heterocycles. The van der Waals surface area contributed by atoms with E-state index >= 15 is 0 Å². The molecule has 0 N–H and O–H groups in total. The highest BCUT2D eigenvalue weighted by Crippen LogP contribution is 2.54. The van der Waals surface area contributed by atoms with E-state index in [-0.39, 0.29) is 0 Å². The van der Waals surface area contributed by atoms with Gasteiger partial charge in [-0.25, -0.2) is 0 Å². The van der Waals surface area contributed by atoms with Crippen molar-refractivity contribution in [1.29, 1.82) is 0 Å². The smallest absolute Gasteiger partial charge is 0.350 e. The van der Waals surface area contributed by atoms with Crippen molar-refractivity contribution in [2.75, 3.05) is 11.9 Å². The first kappa shape index (κ1) is 16.8. The minimum Gasteiger partial charge on any atom is -0.350 e. The molecule has 11 heteroatoms. The van der Waals surface area contributed by atoms with Crippen LogP contribution in [0.5, 0.6) is 0 Å². The number of ether oxygens (including phenoxy) is 1. The van der Waals surface area contributed by atoms with Gasteiger partial charge in [-0.2, -0.15) is 39.5 Å². The molecule has 0 fully saturated rings. The molecule has 0 aliphatic carbocycles. The lowest BCUT2D eigenvalue weighted by Crippen LogP contribution is -2.67. The van der Waals surface area contributed by atoms with E-state index < -0.39 is 36.1 Å². The third-order valence-electron chi connectivity index (χ3n) is 1.59. The van der Waals surface area contributed by atoms with Crippen molar-refractivity contribution in [3.8, 4) is 0 Å². The largest absolute Gasteiger partial charge is 0.435 e. The van der Waals surface area contributed by atoms with Gasteiger partial charge in [0.2, 0.25) is 0 Å². The van der Waals surface area contributed by atoms with E-state index in [0.717, 1.165) is 0 Å². The van der Waals surface area contributed by atoms with Crippen LogP contribution in [-0.4, -0.2) is 36.1 Å². The molecular weight excluding hydrogens is 339 g/mol. The van der Waals surface area contributed by atoms with E-state index in [1.807, 2.05) is 0 Å². The summed E-state index contributed by atoms with van der Waals surface area (Å²) in [6, 6.07) is 0. The maximum atomic E-state index is 12.1. The van der Waals surface area contributed by atoms with Crippen molar-refractivity contribution in [3.63, 3.8) is 0 Å². The molecule has 0 radical (unpaired) electrons. The normalized spacial score (nSPS) is 15.2. The van der Waals surface area contributed by atoms with Crippen LogP contribution in [0.4, 0.5) is 39.5 Å². The van der Waals surface area contributed by atoms with Crippen LogP contribution in [0.1, 0.15) is 0 Å². The van der Waals surface area contributed by atoms with Gasteiger partial charge in [-0.3, -0.25) is 0 Å². The lowest BCUT2D eigenvalue weighted by molar-refractivity contribution is -0.456. The van der Waals surface area contributed by atoms with Crippen molar-refractivity contribution in [3.05, 3.63) is 0 Å². The molecule has 0 aliphatic rings. The summed E-state index contributed by atoms with van der Waals surface area (Å²) in [7, 11) is 0. The fourth-order valence-corrected chi connectivity index (χ4v) is 1.08. The van der Waals surface area contributed by atoms with E-state index in [1.165, 1.54) is 0 Å². The topological polar surface area (TPSA) is 9.23 Å². The highest BCUT2D eigenvalue weighted by molar-refractivity contribution is 9.09. The highest BCUT2D eigenvalue weighted by atomic mass is 79.9. The second kappa shape index (κ2) is 4.82. The third-order valence-corrected chi connectivity index (χ3v) is 1.92. The summed E-state index contributed by atoms with van der Waals surface area (Å²) in [6.45, 7) is -1.40. The zero-order valence-corrected chi connectivity index (χ0v) is 9.19. The minimum atomic E-state index is -6.66. The molecule has 104 valence electrons. The summed E-state index contributed by atoms with van der Waals surface area (Å²) >= 11 is 2.38. The Morgan fingerprint density at radius 1 is 0.706 bits per heavy atom. The first-order chi connectivity index (χ1) is 7.31. The van der Waals surface area contributed by atoms with Crippen LogP contribution in [-0.2, 0) is 4.74 Å². The number of hydrogen-bond donors (Lipinski definition) is 0. The van der Waals surface area contributed by atoms with Crippen LogP contribution in [0.25, 0.3) is 0 Å². The van der Waals surface area contributed by atoms with E-state index in [9.17, 15) is 39.5 Å². The van der Waals surface area contributed by atoms with Gasteiger partial charge in [0.05, 0.1) is 6.61 Å². The Balaban J connectivity index is 5.75. The monoisotopic (exact) mass is 342 g/mol. The van der Waals surface area contributed by atoms with Gasteiger partial charge in [-0.15, -0.1) is 0 Å². The SMILES string of the molecule is FC(F)(F)C(OCCBr)(C(F)(F)F)C(F)(F)F. The third kappa shape index (κ3) is 2.98. The zero-order chi connectivity index (χ0) is 14.1. The van der Waals surface area contributed by atoms with Gasteiger partial charge >= 0.3 is 24.1 Å². The molecule has 17 heavy (non-hydrogen) atoms. The van der Waals surface area contributed by atoms with Gasteiger partial charge in [0.15, 0.2) is 0 Å². The van der Waals surface area contributed by atoms with Gasteiger partial charge in [0.1, 0.15) is 0 Å². The van der Waals surface area contributed by atoms with Gasteiger partial charge in [0, 0.05) is 5.33 Å². The Morgan fingerprint density at radius 3 is 1.18 bits per heavy atom. The summed E-state index contributed by atoms with van der Waals surface area (Å²) in [4.78, 5) is 0. The summed E-state index contributed by atoms with van der Waals surface area (Å²) < 4.78 is 112. The lowest BCUT2D eigenvalue weighted by Gasteiger charge is -2.37. The van der Waals surface area contributed by atoms with Crippen LogP contribution >= 0.6 is 15.9 Å². The highest BCUT2D eigenvalue weighted by Gasteiger charge is 2.85. The number of alkyl halides is 10. The Morgan fingerprint density at radius 2 is 1.00 bits per heavy atom. The Hall–Kier alpha value is -0.190. The Bertz CT molecular complexity index is 216. The van der Waals surface area contributed by atoms with Crippen LogP contribution in [0, 0.1) is 0 Å². The molecule has 0 amide bonds. The Kier molecular flexibility index (Phi) is 4.77. The fraction of sp³-hybridized carbons (Fsp3) is 1.00. The van der Waals surface area contributed by atoms with E-state index in [4.69, 9.17) is 0 Å². The standard InChI is InChI=1S/C6H4BrF9O/c7-1-2-17-3(4(8,9)10,5(11,12)13)6(14,15)16/h1-2H2. The van der Waals surface area contributed by atoms with Crippen LogP contribution in [0.15, 0.2) is 0 Å². The minimum absolute atomic E-state index is 0.614. The molecule has 0 aliphatic heterocycles. The Labute approximate surface area is 97.0 Å². The summed E-state index contributed by atoms with van der Waals surface area (Å²) in [5, 5.41) is -0.614. The average molecular weight is 343 g/mol.